The molecule has 0 aliphatic rings. The molecule has 0 aliphatic heterocycles. The van der Waals surface area contributed by atoms with Crippen LogP contribution >= 0.6 is 27.9 Å². The van der Waals surface area contributed by atoms with E-state index in [2.05, 4.69) is 42.0 Å². The van der Waals surface area contributed by atoms with Gasteiger partial charge in [0.2, 0.25) is 0 Å². The van der Waals surface area contributed by atoms with E-state index in [0.717, 1.165) is 21.2 Å². The first kappa shape index (κ1) is 22.7. The van der Waals surface area contributed by atoms with E-state index < -0.39 is 0 Å². The topological polar surface area (TPSA) is 94.3 Å². The molecule has 10 heteroatoms. The molecule has 0 saturated carbocycles. The zero-order valence-corrected chi connectivity index (χ0v) is 19.7. The summed E-state index contributed by atoms with van der Waals surface area (Å²) in [6.45, 7) is 0.433. The van der Waals surface area contributed by atoms with Crippen molar-refractivity contribution in [1.82, 2.24) is 25.0 Å². The first-order valence-corrected chi connectivity index (χ1v) is 11.7. The Morgan fingerprint density at radius 1 is 1.09 bits per heavy atom. The lowest BCUT2D eigenvalue weighted by atomic mass is 10.2. The average molecular weight is 523 g/mol. The van der Waals surface area contributed by atoms with Crippen LogP contribution in [0.5, 0.6) is 5.75 Å². The third-order valence-corrected chi connectivity index (χ3v) is 5.77. The Bertz CT molecular complexity index is 1230. The van der Waals surface area contributed by atoms with Gasteiger partial charge in [-0.25, -0.2) is 5.43 Å². The van der Waals surface area contributed by atoms with E-state index in [1.165, 1.54) is 16.0 Å². The minimum Gasteiger partial charge on any atom is -0.488 e. The predicted octanol–water partition coefficient (Wildman–Crippen LogP) is 4.33. The van der Waals surface area contributed by atoms with Gasteiger partial charge in [0.1, 0.15) is 12.4 Å². The number of hydrazone groups is 1. The molecule has 1 heterocycles. The van der Waals surface area contributed by atoms with Gasteiger partial charge in [0, 0.05) is 15.6 Å². The van der Waals surface area contributed by atoms with Crippen molar-refractivity contribution in [3.63, 3.8) is 0 Å². The number of halogens is 1. The van der Waals surface area contributed by atoms with Gasteiger partial charge < -0.3 is 4.74 Å². The number of nitrogens with zero attached hydrogens (tertiary/aromatic N) is 5. The van der Waals surface area contributed by atoms with E-state index >= 15 is 0 Å². The van der Waals surface area contributed by atoms with E-state index in [4.69, 9.17) is 4.74 Å². The van der Waals surface area contributed by atoms with Crippen LogP contribution in [0.4, 0.5) is 0 Å². The van der Waals surface area contributed by atoms with Crippen molar-refractivity contribution >= 4 is 40.0 Å². The summed E-state index contributed by atoms with van der Waals surface area (Å²) in [6.07, 6.45) is 1.56. The van der Waals surface area contributed by atoms with E-state index in [9.17, 15) is 4.79 Å². The first-order valence-electron chi connectivity index (χ1n) is 9.94. The molecule has 166 valence electrons. The zero-order chi connectivity index (χ0) is 22.9. The maximum Gasteiger partial charge on any atom is 0.251 e. The fourth-order valence-electron chi connectivity index (χ4n) is 2.83. The fraction of sp³-hybridized carbons (Fsp3) is 0.0870. The molecule has 1 aromatic heterocycles. The van der Waals surface area contributed by atoms with Gasteiger partial charge in [-0.05, 0) is 46.1 Å². The van der Waals surface area contributed by atoms with Gasteiger partial charge in [-0.3, -0.25) is 4.79 Å². The van der Waals surface area contributed by atoms with Gasteiger partial charge in [-0.2, -0.15) is 9.19 Å². The largest absolute Gasteiger partial charge is 0.488 e. The van der Waals surface area contributed by atoms with Crippen molar-refractivity contribution in [2.75, 3.05) is 5.75 Å². The lowest BCUT2D eigenvalue weighted by Crippen LogP contribution is -2.20. The monoisotopic (exact) mass is 522 g/mol. The number of hydrogen-bond donors (Lipinski definition) is 1. The van der Waals surface area contributed by atoms with Gasteiger partial charge >= 0.3 is 0 Å². The van der Waals surface area contributed by atoms with Gasteiger partial charge in [0.15, 0.2) is 5.82 Å². The van der Waals surface area contributed by atoms with Crippen LogP contribution in [0.1, 0.15) is 11.1 Å². The Balaban J connectivity index is 1.33. The second kappa shape index (κ2) is 11.4. The Morgan fingerprint density at radius 2 is 1.85 bits per heavy atom. The number of nitrogens with one attached hydrogen (secondary N) is 1. The first-order chi connectivity index (χ1) is 16.2. The van der Waals surface area contributed by atoms with Gasteiger partial charge in [0.25, 0.3) is 5.91 Å². The van der Waals surface area contributed by atoms with Crippen molar-refractivity contribution in [3.8, 4) is 17.1 Å². The van der Waals surface area contributed by atoms with Crippen LogP contribution in [-0.4, -0.2) is 37.5 Å². The second-order valence-electron chi connectivity index (χ2n) is 6.76. The summed E-state index contributed by atoms with van der Waals surface area (Å²) in [7, 11) is 0. The molecule has 0 radical (unpaired) electrons. The highest BCUT2D eigenvalue weighted by molar-refractivity contribution is 9.10. The third-order valence-electron chi connectivity index (χ3n) is 4.39. The average Bonchev–Trinajstić information content (AvgIpc) is 3.32. The number of aromatic nitrogens is 4. The molecule has 0 aliphatic carbocycles. The number of rotatable bonds is 9. The highest BCUT2D eigenvalue weighted by Gasteiger charge is 2.11. The molecule has 4 aromatic rings. The SMILES string of the molecule is O=C(CSn1nnnc1-c1ccccc1)NN=Cc1cc(Br)ccc1OCc1ccccc1. The highest BCUT2D eigenvalue weighted by atomic mass is 79.9. The van der Waals surface area contributed by atoms with Crippen LogP contribution in [0.15, 0.2) is 88.4 Å². The van der Waals surface area contributed by atoms with E-state index in [0.29, 0.717) is 18.2 Å². The predicted molar refractivity (Wildman–Crippen MR) is 132 cm³/mol. The molecule has 0 bridgehead atoms. The van der Waals surface area contributed by atoms with Crippen LogP contribution in [0.2, 0.25) is 0 Å². The summed E-state index contributed by atoms with van der Waals surface area (Å²) in [5, 5.41) is 15.7. The van der Waals surface area contributed by atoms with Gasteiger partial charge in [0.05, 0.1) is 12.0 Å². The number of amides is 1. The summed E-state index contributed by atoms with van der Waals surface area (Å²) in [5.41, 5.74) is 5.19. The number of carbonyl (C=O) groups is 1. The Labute approximate surface area is 203 Å². The smallest absolute Gasteiger partial charge is 0.251 e. The molecule has 8 nitrogen and oxygen atoms in total. The Morgan fingerprint density at radius 3 is 2.64 bits per heavy atom. The molecule has 0 atom stereocenters. The molecule has 0 unspecified atom stereocenters. The highest BCUT2D eigenvalue weighted by Crippen LogP contribution is 2.23. The number of tetrazole rings is 1. The Kier molecular flexibility index (Phi) is 7.83. The second-order valence-corrected chi connectivity index (χ2v) is 8.57. The van der Waals surface area contributed by atoms with Gasteiger partial charge in [-0.1, -0.05) is 76.6 Å². The quantitative estimate of drug-likeness (QED) is 0.259. The molecule has 1 N–H and O–H groups in total. The number of hydrogen-bond acceptors (Lipinski definition) is 7. The van der Waals surface area contributed by atoms with Crippen molar-refractivity contribution in [1.29, 1.82) is 0 Å². The van der Waals surface area contributed by atoms with Crippen LogP contribution in [0, 0.1) is 0 Å². The van der Waals surface area contributed by atoms with Gasteiger partial charge in [-0.15, -0.1) is 5.10 Å². The molecule has 33 heavy (non-hydrogen) atoms. The van der Waals surface area contributed by atoms with Crippen molar-refractivity contribution in [3.05, 3.63) is 94.5 Å². The molecule has 0 spiro atoms. The van der Waals surface area contributed by atoms with Crippen LogP contribution in [0.3, 0.4) is 0 Å². The summed E-state index contributed by atoms with van der Waals surface area (Å²) >= 11 is 4.63. The number of ether oxygens (including phenoxy) is 1. The summed E-state index contributed by atoms with van der Waals surface area (Å²) in [5.74, 6) is 1.05. The molecule has 0 fully saturated rings. The fourth-order valence-corrected chi connectivity index (χ4v) is 3.87. The third kappa shape index (κ3) is 6.50. The standard InChI is InChI=1S/C23H19BrN6O2S/c24-20-11-12-21(32-15-17-7-3-1-4-8-17)19(13-20)14-25-26-22(31)16-33-30-23(27-28-29-30)18-9-5-2-6-10-18/h1-14H,15-16H2,(H,26,31). The van der Waals surface area contributed by atoms with E-state index in [1.807, 2.05) is 78.9 Å². The minimum absolute atomic E-state index is 0.0953. The maximum atomic E-state index is 12.3. The molecule has 1 amide bonds. The number of carbonyl (C=O) groups excluding carboxylic acids is 1. The molecular weight excluding hydrogens is 504 g/mol. The molecule has 0 saturated heterocycles. The lowest BCUT2D eigenvalue weighted by Gasteiger charge is -2.09. The maximum absolute atomic E-state index is 12.3. The van der Waals surface area contributed by atoms with E-state index in [1.54, 1.807) is 6.21 Å². The van der Waals surface area contributed by atoms with Crippen LogP contribution in [-0.2, 0) is 11.4 Å². The summed E-state index contributed by atoms with van der Waals surface area (Å²) in [4.78, 5) is 12.3. The van der Waals surface area contributed by atoms with Crippen molar-refractivity contribution in [2.45, 2.75) is 6.61 Å². The lowest BCUT2D eigenvalue weighted by molar-refractivity contribution is -0.118. The van der Waals surface area contributed by atoms with Crippen molar-refractivity contribution in [2.24, 2.45) is 5.10 Å². The molecule has 3 aromatic carbocycles. The van der Waals surface area contributed by atoms with E-state index in [-0.39, 0.29) is 11.7 Å². The van der Waals surface area contributed by atoms with Crippen molar-refractivity contribution < 1.29 is 9.53 Å². The number of benzene rings is 3. The minimum atomic E-state index is -0.285. The normalized spacial score (nSPS) is 10.9. The van der Waals surface area contributed by atoms with Crippen LogP contribution < -0.4 is 10.2 Å². The zero-order valence-electron chi connectivity index (χ0n) is 17.3. The summed E-state index contributed by atoms with van der Waals surface area (Å²) in [6, 6.07) is 25.0. The van der Waals surface area contributed by atoms with Crippen LogP contribution in [0.25, 0.3) is 11.4 Å². The Hall–Kier alpha value is -3.50. The molecule has 4 rings (SSSR count). The summed E-state index contributed by atoms with van der Waals surface area (Å²) < 4.78 is 8.33. The molecular formula is C23H19BrN6O2S.